The smallest absolute Gasteiger partial charge is 0.226 e. The second-order valence-corrected chi connectivity index (χ2v) is 11.4. The molecule has 2 aliphatic heterocycles. The van der Waals surface area contributed by atoms with Crippen molar-refractivity contribution in [3.63, 3.8) is 0 Å². The van der Waals surface area contributed by atoms with E-state index in [1.54, 1.807) is 6.20 Å². The van der Waals surface area contributed by atoms with E-state index in [-0.39, 0.29) is 56.2 Å². The fraction of sp³-hybridized carbons (Fsp3) is 0.385. The number of nitrogen functional groups attached to an aromatic ring is 1. The number of halogens is 2. The van der Waals surface area contributed by atoms with Gasteiger partial charge in [0.2, 0.25) is 5.95 Å². The zero-order chi connectivity index (χ0) is 25.6. The monoisotopic (exact) mass is 519 g/mol. The molecule has 0 amide bonds. The van der Waals surface area contributed by atoms with Crippen molar-refractivity contribution in [3.8, 4) is 17.3 Å². The highest BCUT2D eigenvalue weighted by molar-refractivity contribution is 7.23. The van der Waals surface area contributed by atoms with Gasteiger partial charge in [-0.1, -0.05) is 0 Å². The summed E-state index contributed by atoms with van der Waals surface area (Å²) in [5.74, 6) is -0.673. The SMILES string of the molecule is CN(C)C1CN(c2ncc3c4c(c(-c5ncc(F)c6sc(N)c(C#N)c56)c(F)c3n2)COC4)C2(CC2)C1. The van der Waals surface area contributed by atoms with Gasteiger partial charge in [-0.25, -0.2) is 18.7 Å². The van der Waals surface area contributed by atoms with Crippen molar-refractivity contribution in [2.75, 3.05) is 31.3 Å². The molecule has 37 heavy (non-hydrogen) atoms. The Morgan fingerprint density at radius 1 is 1.22 bits per heavy atom. The number of benzene rings is 1. The van der Waals surface area contributed by atoms with Crippen LogP contribution in [0.2, 0.25) is 0 Å². The second kappa shape index (κ2) is 7.77. The highest BCUT2D eigenvalue weighted by atomic mass is 32.1. The molecule has 3 aliphatic rings. The van der Waals surface area contributed by atoms with Crippen LogP contribution in [-0.2, 0) is 18.0 Å². The number of likely N-dealkylation sites (N-methyl/N-ethyl adjacent to an activating group) is 1. The van der Waals surface area contributed by atoms with Crippen molar-refractivity contribution in [1.82, 2.24) is 19.9 Å². The molecule has 8 nitrogen and oxygen atoms in total. The molecular weight excluding hydrogens is 496 g/mol. The minimum Gasteiger partial charge on any atom is -0.389 e. The molecule has 1 spiro atoms. The number of hydrogen-bond acceptors (Lipinski definition) is 9. The minimum absolute atomic E-state index is 0.0301. The number of thiophene rings is 1. The van der Waals surface area contributed by atoms with Gasteiger partial charge in [-0.2, -0.15) is 5.26 Å². The molecule has 188 valence electrons. The molecule has 1 aliphatic carbocycles. The molecule has 1 aromatic carbocycles. The average Bonchev–Trinajstić information content (AvgIpc) is 3.18. The van der Waals surface area contributed by atoms with E-state index in [1.807, 2.05) is 6.07 Å². The first-order valence-corrected chi connectivity index (χ1v) is 12.9. The number of anilines is 2. The van der Waals surface area contributed by atoms with Crippen molar-refractivity contribution >= 4 is 43.3 Å². The first-order chi connectivity index (χ1) is 17.8. The van der Waals surface area contributed by atoms with Gasteiger partial charge in [0.05, 0.1) is 35.4 Å². The summed E-state index contributed by atoms with van der Waals surface area (Å²) in [5.41, 5.74) is 8.08. The van der Waals surface area contributed by atoms with Gasteiger partial charge in [-0.05, 0) is 44.5 Å². The number of nitrogens with zero attached hydrogens (tertiary/aromatic N) is 6. The number of aromatic nitrogens is 3. The van der Waals surface area contributed by atoms with Crippen molar-refractivity contribution in [1.29, 1.82) is 5.26 Å². The Morgan fingerprint density at radius 3 is 2.73 bits per heavy atom. The first kappa shape index (κ1) is 22.7. The molecule has 0 bridgehead atoms. The molecule has 1 saturated carbocycles. The Hall–Kier alpha value is -3.46. The van der Waals surface area contributed by atoms with Gasteiger partial charge in [0.1, 0.15) is 16.6 Å². The normalized spacial score (nSPS) is 19.9. The Balaban J connectivity index is 1.47. The van der Waals surface area contributed by atoms with Crippen LogP contribution in [-0.4, -0.2) is 52.1 Å². The maximum absolute atomic E-state index is 16.5. The molecule has 2 N–H and O–H groups in total. The van der Waals surface area contributed by atoms with Gasteiger partial charge in [0, 0.05) is 40.7 Å². The molecule has 2 fully saturated rings. The topological polar surface area (TPSA) is 104 Å². The molecule has 7 rings (SSSR count). The van der Waals surface area contributed by atoms with Gasteiger partial charge in [0.15, 0.2) is 11.6 Å². The van der Waals surface area contributed by atoms with Gasteiger partial charge < -0.3 is 20.3 Å². The lowest BCUT2D eigenvalue weighted by Gasteiger charge is -2.25. The summed E-state index contributed by atoms with van der Waals surface area (Å²) >= 11 is 0.960. The van der Waals surface area contributed by atoms with E-state index in [9.17, 15) is 9.65 Å². The molecule has 1 saturated heterocycles. The summed E-state index contributed by atoms with van der Waals surface area (Å²) in [6, 6.07) is 2.42. The van der Waals surface area contributed by atoms with E-state index < -0.39 is 11.6 Å². The number of rotatable bonds is 3. The van der Waals surface area contributed by atoms with Crippen LogP contribution in [0.4, 0.5) is 19.7 Å². The third kappa shape index (κ3) is 3.13. The molecule has 11 heteroatoms. The van der Waals surface area contributed by atoms with E-state index in [0.29, 0.717) is 22.9 Å². The highest BCUT2D eigenvalue weighted by Gasteiger charge is 2.55. The quantitative estimate of drug-likeness (QED) is 0.426. The third-order valence-corrected chi connectivity index (χ3v) is 9.14. The van der Waals surface area contributed by atoms with E-state index in [1.165, 1.54) is 0 Å². The summed E-state index contributed by atoms with van der Waals surface area (Å²) in [6.07, 6.45) is 5.90. The summed E-state index contributed by atoms with van der Waals surface area (Å²) in [6.45, 7) is 1.22. The fourth-order valence-electron chi connectivity index (χ4n) is 5.94. The average molecular weight is 520 g/mol. The third-order valence-electron chi connectivity index (χ3n) is 8.11. The number of pyridine rings is 1. The van der Waals surface area contributed by atoms with Gasteiger partial charge in [-0.15, -0.1) is 11.3 Å². The van der Waals surface area contributed by atoms with E-state index >= 15 is 4.39 Å². The van der Waals surface area contributed by atoms with Crippen LogP contribution in [0.3, 0.4) is 0 Å². The second-order valence-electron chi connectivity index (χ2n) is 10.3. The molecule has 1 unspecified atom stereocenters. The lowest BCUT2D eigenvalue weighted by molar-refractivity contribution is 0.135. The van der Waals surface area contributed by atoms with Gasteiger partial charge in [0.25, 0.3) is 0 Å². The lowest BCUT2D eigenvalue weighted by atomic mass is 9.94. The number of ether oxygens (including phenoxy) is 1. The zero-order valence-corrected chi connectivity index (χ0v) is 21.1. The maximum Gasteiger partial charge on any atom is 0.226 e. The highest BCUT2D eigenvalue weighted by Crippen LogP contribution is 2.52. The first-order valence-electron chi connectivity index (χ1n) is 12.1. The lowest BCUT2D eigenvalue weighted by Crippen LogP contribution is -2.34. The number of nitrogens with two attached hydrogens (primary N) is 1. The van der Waals surface area contributed by atoms with Crippen LogP contribution in [0.25, 0.3) is 32.2 Å². The Labute approximate surface area is 215 Å². The predicted molar refractivity (Wildman–Crippen MR) is 137 cm³/mol. The van der Waals surface area contributed by atoms with E-state index in [2.05, 4.69) is 33.9 Å². The molecule has 4 aromatic rings. The Morgan fingerprint density at radius 2 is 2.00 bits per heavy atom. The van der Waals surface area contributed by atoms with Crippen LogP contribution in [0.1, 0.15) is 36.0 Å². The number of nitriles is 1. The van der Waals surface area contributed by atoms with Crippen molar-refractivity contribution < 1.29 is 13.5 Å². The fourth-order valence-corrected chi connectivity index (χ4v) is 6.87. The zero-order valence-electron chi connectivity index (χ0n) is 20.3. The molecule has 0 radical (unpaired) electrons. The van der Waals surface area contributed by atoms with Crippen LogP contribution < -0.4 is 10.6 Å². The summed E-state index contributed by atoms with van der Waals surface area (Å²) in [7, 11) is 4.15. The largest absolute Gasteiger partial charge is 0.389 e. The molecule has 5 heterocycles. The molecule has 1 atom stereocenters. The molecule has 3 aromatic heterocycles. The van der Waals surface area contributed by atoms with Crippen LogP contribution in [0, 0.1) is 23.0 Å². The van der Waals surface area contributed by atoms with Crippen molar-refractivity contribution in [2.24, 2.45) is 0 Å². The van der Waals surface area contributed by atoms with Crippen molar-refractivity contribution in [2.45, 2.75) is 44.1 Å². The number of fused-ring (bicyclic) bond motifs is 4. The van der Waals surface area contributed by atoms with E-state index in [0.717, 1.165) is 48.9 Å². The maximum atomic E-state index is 16.5. The van der Waals surface area contributed by atoms with Crippen LogP contribution in [0.5, 0.6) is 0 Å². The van der Waals surface area contributed by atoms with Gasteiger partial charge >= 0.3 is 0 Å². The summed E-state index contributed by atoms with van der Waals surface area (Å²) in [5, 5.41) is 10.7. The predicted octanol–water partition coefficient (Wildman–Crippen LogP) is 4.34. The van der Waals surface area contributed by atoms with E-state index in [4.69, 9.17) is 15.5 Å². The standard InChI is InChI=1S/C26H23F2N7OS/c1-34(2)12-5-26(3-4-26)35(9-12)25-32-7-14-15-10-36-11-16(15)18(20(28)21(14)33-25)22-19-13(6-29)24(30)37-23(19)17(27)8-31-22/h7-8,12H,3-5,9-11,30H2,1-2H3. The van der Waals surface area contributed by atoms with Crippen LogP contribution >= 0.6 is 11.3 Å². The minimum atomic E-state index is -0.602. The number of hydrogen-bond donors (Lipinski definition) is 1. The Kier molecular flexibility index (Phi) is 4.77. The Bertz CT molecular complexity index is 1670. The van der Waals surface area contributed by atoms with Crippen molar-refractivity contribution in [3.05, 3.63) is 40.7 Å². The van der Waals surface area contributed by atoms with Crippen LogP contribution in [0.15, 0.2) is 12.4 Å². The molecular formula is C26H23F2N7OS. The summed E-state index contributed by atoms with van der Waals surface area (Å²) < 4.78 is 37.1. The van der Waals surface area contributed by atoms with Gasteiger partial charge in [-0.3, -0.25) is 4.98 Å². The summed E-state index contributed by atoms with van der Waals surface area (Å²) in [4.78, 5) is 18.2.